The molecule has 7 heteroatoms. The van der Waals surface area contributed by atoms with Crippen LogP contribution < -0.4 is 5.32 Å². The van der Waals surface area contributed by atoms with Crippen molar-refractivity contribution >= 4 is 34.0 Å². The summed E-state index contributed by atoms with van der Waals surface area (Å²) in [5, 5.41) is 10.8. The van der Waals surface area contributed by atoms with Crippen LogP contribution in [0.5, 0.6) is 0 Å². The molecule has 5 nitrogen and oxygen atoms in total. The highest BCUT2D eigenvalue weighted by Gasteiger charge is 2.12. The zero-order valence-corrected chi connectivity index (χ0v) is 10.1. The molecule has 0 unspecified atom stereocenters. The van der Waals surface area contributed by atoms with Gasteiger partial charge in [0.15, 0.2) is 0 Å². The zero-order valence-electron chi connectivity index (χ0n) is 8.49. The van der Waals surface area contributed by atoms with Crippen LogP contribution >= 0.6 is 22.9 Å². The Hall–Kier alpha value is -0.720. The van der Waals surface area contributed by atoms with Crippen molar-refractivity contribution in [2.75, 3.05) is 11.9 Å². The molecule has 0 saturated carbocycles. The number of alkyl halides is 1. The maximum Gasteiger partial charge on any atom is 0.243 e. The van der Waals surface area contributed by atoms with Gasteiger partial charge < -0.3 is 4.74 Å². The van der Waals surface area contributed by atoms with E-state index in [1.54, 1.807) is 6.92 Å². The Morgan fingerprint density at radius 1 is 1.67 bits per heavy atom. The lowest BCUT2D eigenvalue weighted by molar-refractivity contribution is -0.115. The van der Waals surface area contributed by atoms with Crippen LogP contribution in [-0.4, -0.2) is 28.1 Å². The number of halogens is 1. The third-order valence-corrected chi connectivity index (χ3v) is 2.50. The van der Waals surface area contributed by atoms with Crippen molar-refractivity contribution in [3.8, 4) is 0 Å². The van der Waals surface area contributed by atoms with Gasteiger partial charge in [0.05, 0.1) is 0 Å². The average molecular weight is 250 g/mol. The van der Waals surface area contributed by atoms with Gasteiger partial charge >= 0.3 is 0 Å². The number of rotatable bonds is 5. The standard InChI is InChI=1S/C8H12ClN3O2S/c1-3-14-4-6-11-12-8(15-6)10-7(13)5(2)9/h5H,3-4H2,1-2H3,(H,10,12,13)/t5-/m0/s1. The average Bonchev–Trinajstić information content (AvgIpc) is 2.62. The van der Waals surface area contributed by atoms with E-state index in [4.69, 9.17) is 16.3 Å². The summed E-state index contributed by atoms with van der Waals surface area (Å²) < 4.78 is 5.15. The Morgan fingerprint density at radius 2 is 2.40 bits per heavy atom. The van der Waals surface area contributed by atoms with Crippen molar-refractivity contribution in [3.05, 3.63) is 5.01 Å². The summed E-state index contributed by atoms with van der Waals surface area (Å²) in [4.78, 5) is 11.2. The summed E-state index contributed by atoms with van der Waals surface area (Å²) in [6.07, 6.45) is 0. The van der Waals surface area contributed by atoms with E-state index in [1.807, 2.05) is 6.92 Å². The molecular weight excluding hydrogens is 238 g/mol. The summed E-state index contributed by atoms with van der Waals surface area (Å²) in [6, 6.07) is 0. The number of hydrogen-bond donors (Lipinski definition) is 1. The summed E-state index contributed by atoms with van der Waals surface area (Å²) in [5.74, 6) is -0.282. The second kappa shape index (κ2) is 5.99. The van der Waals surface area contributed by atoms with Gasteiger partial charge in [-0.25, -0.2) is 0 Å². The summed E-state index contributed by atoms with van der Waals surface area (Å²) >= 11 is 6.87. The van der Waals surface area contributed by atoms with Crippen LogP contribution in [0.25, 0.3) is 0 Å². The molecule has 1 aromatic rings. The van der Waals surface area contributed by atoms with Crippen molar-refractivity contribution in [1.29, 1.82) is 0 Å². The van der Waals surface area contributed by atoms with Crippen LogP contribution in [0.2, 0.25) is 0 Å². The highest BCUT2D eigenvalue weighted by Crippen LogP contribution is 2.16. The molecule has 15 heavy (non-hydrogen) atoms. The van der Waals surface area contributed by atoms with Gasteiger partial charge in [-0.1, -0.05) is 11.3 Å². The molecule has 0 spiro atoms. The van der Waals surface area contributed by atoms with E-state index < -0.39 is 5.38 Å². The van der Waals surface area contributed by atoms with E-state index in [9.17, 15) is 4.79 Å². The molecule has 1 heterocycles. The number of carbonyl (C=O) groups is 1. The first-order valence-electron chi connectivity index (χ1n) is 4.48. The molecule has 1 N–H and O–H groups in total. The molecule has 1 rings (SSSR count). The number of nitrogens with one attached hydrogen (secondary N) is 1. The van der Waals surface area contributed by atoms with Crippen LogP contribution in [-0.2, 0) is 16.1 Å². The Balaban J connectivity index is 2.49. The number of hydrogen-bond acceptors (Lipinski definition) is 5. The maximum absolute atomic E-state index is 11.2. The van der Waals surface area contributed by atoms with Crippen molar-refractivity contribution < 1.29 is 9.53 Å². The SMILES string of the molecule is CCOCc1nnc(NC(=O)[C@H](C)Cl)s1. The maximum atomic E-state index is 11.2. The van der Waals surface area contributed by atoms with E-state index >= 15 is 0 Å². The smallest absolute Gasteiger partial charge is 0.243 e. The van der Waals surface area contributed by atoms with Crippen molar-refractivity contribution in [2.24, 2.45) is 0 Å². The van der Waals surface area contributed by atoms with Crippen LogP contribution in [0.3, 0.4) is 0 Å². The molecule has 1 aromatic heterocycles. The molecular formula is C8H12ClN3O2S. The molecule has 1 atom stereocenters. The monoisotopic (exact) mass is 249 g/mol. The van der Waals surface area contributed by atoms with E-state index in [-0.39, 0.29) is 5.91 Å². The van der Waals surface area contributed by atoms with Gasteiger partial charge in [0.2, 0.25) is 11.0 Å². The molecule has 0 aromatic carbocycles. The molecule has 0 bridgehead atoms. The van der Waals surface area contributed by atoms with Gasteiger partial charge in [-0.05, 0) is 13.8 Å². The van der Waals surface area contributed by atoms with Crippen molar-refractivity contribution in [1.82, 2.24) is 10.2 Å². The number of carbonyl (C=O) groups excluding carboxylic acids is 1. The predicted molar refractivity (Wildman–Crippen MR) is 59.2 cm³/mol. The van der Waals surface area contributed by atoms with Gasteiger partial charge in [-0.3, -0.25) is 10.1 Å². The topological polar surface area (TPSA) is 64.1 Å². The third kappa shape index (κ3) is 4.11. The molecule has 0 aliphatic rings. The summed E-state index contributed by atoms with van der Waals surface area (Å²) in [5.41, 5.74) is 0. The van der Waals surface area contributed by atoms with E-state index in [0.717, 1.165) is 5.01 Å². The fourth-order valence-corrected chi connectivity index (χ4v) is 1.49. The Morgan fingerprint density at radius 3 is 3.00 bits per heavy atom. The second-order valence-corrected chi connectivity index (χ2v) is 4.46. The Labute approximate surface area is 96.8 Å². The predicted octanol–water partition coefficient (Wildman–Crippen LogP) is 1.64. The first-order valence-corrected chi connectivity index (χ1v) is 5.73. The number of aromatic nitrogens is 2. The van der Waals surface area contributed by atoms with Crippen molar-refractivity contribution in [3.63, 3.8) is 0 Å². The number of nitrogens with zero attached hydrogens (tertiary/aromatic N) is 2. The van der Waals surface area contributed by atoms with E-state index in [1.165, 1.54) is 11.3 Å². The quantitative estimate of drug-likeness (QED) is 0.806. The lowest BCUT2D eigenvalue weighted by atomic mass is 10.4. The minimum absolute atomic E-state index is 0.282. The fourth-order valence-electron chi connectivity index (χ4n) is 0.757. The Bertz CT molecular complexity index is 329. The van der Waals surface area contributed by atoms with Crippen LogP contribution in [0.1, 0.15) is 18.9 Å². The molecule has 0 aliphatic carbocycles. The van der Waals surface area contributed by atoms with Gasteiger partial charge in [0, 0.05) is 6.61 Å². The highest BCUT2D eigenvalue weighted by atomic mass is 35.5. The van der Waals surface area contributed by atoms with Gasteiger partial charge in [0.1, 0.15) is 17.0 Å². The summed E-state index contributed by atoms with van der Waals surface area (Å²) in [6.45, 7) is 4.54. The minimum Gasteiger partial charge on any atom is -0.374 e. The van der Waals surface area contributed by atoms with E-state index in [2.05, 4.69) is 15.5 Å². The number of amides is 1. The molecule has 0 aliphatic heterocycles. The largest absolute Gasteiger partial charge is 0.374 e. The molecule has 0 fully saturated rings. The first kappa shape index (κ1) is 12.4. The normalized spacial score (nSPS) is 12.5. The second-order valence-electron chi connectivity index (χ2n) is 2.74. The van der Waals surface area contributed by atoms with Gasteiger partial charge in [-0.2, -0.15) is 0 Å². The number of anilines is 1. The molecule has 0 radical (unpaired) electrons. The van der Waals surface area contributed by atoms with E-state index in [0.29, 0.717) is 18.3 Å². The fraction of sp³-hybridized carbons (Fsp3) is 0.625. The molecule has 1 amide bonds. The lowest BCUT2D eigenvalue weighted by Gasteiger charge is -2.00. The van der Waals surface area contributed by atoms with Crippen LogP contribution in [0.4, 0.5) is 5.13 Å². The zero-order chi connectivity index (χ0) is 11.3. The molecule has 0 saturated heterocycles. The minimum atomic E-state index is -0.579. The van der Waals surface area contributed by atoms with Crippen LogP contribution in [0, 0.1) is 0 Å². The van der Waals surface area contributed by atoms with Crippen molar-refractivity contribution in [2.45, 2.75) is 25.8 Å². The number of ether oxygens (including phenoxy) is 1. The highest BCUT2D eigenvalue weighted by molar-refractivity contribution is 7.15. The molecule has 84 valence electrons. The van der Waals surface area contributed by atoms with Gasteiger partial charge in [-0.15, -0.1) is 21.8 Å². The lowest BCUT2D eigenvalue weighted by Crippen LogP contribution is -2.20. The first-order chi connectivity index (χ1) is 7.13. The van der Waals surface area contributed by atoms with Crippen LogP contribution in [0.15, 0.2) is 0 Å². The summed E-state index contributed by atoms with van der Waals surface area (Å²) in [7, 11) is 0. The Kier molecular flexibility index (Phi) is 4.93. The third-order valence-electron chi connectivity index (χ3n) is 1.49. The van der Waals surface area contributed by atoms with Gasteiger partial charge in [0.25, 0.3) is 0 Å².